The van der Waals surface area contributed by atoms with Gasteiger partial charge in [-0.2, -0.15) is 0 Å². The van der Waals surface area contributed by atoms with Gasteiger partial charge in [-0.25, -0.2) is 9.59 Å². The number of anilines is 1. The average Bonchev–Trinajstić information content (AvgIpc) is 2.54. The second-order valence-electron chi connectivity index (χ2n) is 8.11. The minimum absolute atomic E-state index is 0.0409. The molecule has 144 valence electrons. The van der Waals surface area contributed by atoms with Gasteiger partial charge in [0.25, 0.3) is 0 Å². The molecule has 1 fully saturated rings. The molecule has 0 radical (unpaired) electrons. The number of hydrogen-bond donors (Lipinski definition) is 2. The van der Waals surface area contributed by atoms with Gasteiger partial charge in [-0.05, 0) is 57.2 Å². The molecular weight excluding hydrogens is 330 g/mol. The van der Waals surface area contributed by atoms with Gasteiger partial charge in [0.1, 0.15) is 5.60 Å². The van der Waals surface area contributed by atoms with Gasteiger partial charge in [-0.1, -0.05) is 26.0 Å². The third-order valence-corrected chi connectivity index (χ3v) is 4.33. The number of alkyl carbamates (subject to hydrolysis) is 1. The minimum Gasteiger partial charge on any atom is -0.444 e. The second kappa shape index (κ2) is 8.43. The Morgan fingerprint density at radius 2 is 1.69 bits per heavy atom. The lowest BCUT2D eigenvalue weighted by molar-refractivity contribution is 0.0486. The molecule has 2 rings (SSSR count). The zero-order chi connectivity index (χ0) is 19.3. The van der Waals surface area contributed by atoms with Crippen LogP contribution in [0.15, 0.2) is 24.3 Å². The third kappa shape index (κ3) is 6.24. The normalized spacial score (nSPS) is 15.7. The van der Waals surface area contributed by atoms with E-state index in [0.717, 1.165) is 18.5 Å². The highest BCUT2D eigenvalue weighted by Gasteiger charge is 2.25. The van der Waals surface area contributed by atoms with Gasteiger partial charge in [-0.3, -0.25) is 0 Å². The lowest BCUT2D eigenvalue weighted by Gasteiger charge is -2.32. The molecule has 0 saturated carbocycles. The van der Waals surface area contributed by atoms with E-state index in [9.17, 15) is 9.59 Å². The van der Waals surface area contributed by atoms with Crippen molar-refractivity contribution in [1.29, 1.82) is 0 Å². The SMILES string of the molecule is CC(C)c1ccc(NC(=O)N2CCC(NC(=O)OC(C)(C)C)CC2)cc1. The molecule has 6 nitrogen and oxygen atoms in total. The molecule has 26 heavy (non-hydrogen) atoms. The molecule has 0 unspecified atom stereocenters. The number of hydrogen-bond acceptors (Lipinski definition) is 3. The van der Waals surface area contributed by atoms with Crippen LogP contribution in [-0.2, 0) is 4.74 Å². The molecule has 0 aliphatic carbocycles. The number of nitrogens with one attached hydrogen (secondary N) is 2. The number of piperidine rings is 1. The van der Waals surface area contributed by atoms with E-state index >= 15 is 0 Å². The van der Waals surface area contributed by atoms with Crippen molar-refractivity contribution in [1.82, 2.24) is 10.2 Å². The molecule has 1 aromatic carbocycles. The smallest absolute Gasteiger partial charge is 0.407 e. The van der Waals surface area contributed by atoms with Crippen molar-refractivity contribution in [3.63, 3.8) is 0 Å². The van der Waals surface area contributed by atoms with Crippen molar-refractivity contribution >= 4 is 17.8 Å². The van der Waals surface area contributed by atoms with Gasteiger partial charge in [0.15, 0.2) is 0 Å². The van der Waals surface area contributed by atoms with Gasteiger partial charge in [-0.15, -0.1) is 0 Å². The standard InChI is InChI=1S/C20H31N3O3/c1-14(2)15-6-8-16(9-7-15)21-18(24)23-12-10-17(11-13-23)22-19(25)26-20(3,4)5/h6-9,14,17H,10-13H2,1-5H3,(H,21,24)(H,22,25). The first kappa shape index (κ1) is 20.1. The summed E-state index contributed by atoms with van der Waals surface area (Å²) in [6.45, 7) is 11.0. The first-order valence-electron chi connectivity index (χ1n) is 9.29. The quantitative estimate of drug-likeness (QED) is 0.842. The van der Waals surface area contributed by atoms with Crippen LogP contribution < -0.4 is 10.6 Å². The van der Waals surface area contributed by atoms with Crippen LogP contribution in [0.25, 0.3) is 0 Å². The number of ether oxygens (including phenoxy) is 1. The summed E-state index contributed by atoms with van der Waals surface area (Å²) in [5.41, 5.74) is 1.54. The Labute approximate surface area is 156 Å². The van der Waals surface area contributed by atoms with E-state index < -0.39 is 11.7 Å². The summed E-state index contributed by atoms with van der Waals surface area (Å²) in [4.78, 5) is 26.0. The summed E-state index contributed by atoms with van der Waals surface area (Å²) in [6, 6.07) is 7.89. The molecule has 1 saturated heterocycles. The lowest BCUT2D eigenvalue weighted by atomic mass is 10.0. The highest BCUT2D eigenvalue weighted by Crippen LogP contribution is 2.18. The maximum Gasteiger partial charge on any atom is 0.407 e. The number of benzene rings is 1. The average molecular weight is 361 g/mol. The van der Waals surface area contributed by atoms with E-state index in [1.165, 1.54) is 5.56 Å². The van der Waals surface area contributed by atoms with Crippen LogP contribution in [0, 0.1) is 0 Å². The Bertz CT molecular complexity index is 612. The maximum absolute atomic E-state index is 12.4. The van der Waals surface area contributed by atoms with Crippen LogP contribution in [-0.4, -0.2) is 41.8 Å². The fourth-order valence-corrected chi connectivity index (χ4v) is 2.86. The van der Waals surface area contributed by atoms with Crippen molar-refractivity contribution in [2.24, 2.45) is 0 Å². The summed E-state index contributed by atoms with van der Waals surface area (Å²) >= 11 is 0. The number of carbonyl (C=O) groups is 2. The monoisotopic (exact) mass is 361 g/mol. The summed E-state index contributed by atoms with van der Waals surface area (Å²) in [6.07, 6.45) is 1.04. The van der Waals surface area contributed by atoms with Crippen molar-refractivity contribution < 1.29 is 14.3 Å². The highest BCUT2D eigenvalue weighted by atomic mass is 16.6. The summed E-state index contributed by atoms with van der Waals surface area (Å²) in [5, 5.41) is 5.82. The molecule has 6 heteroatoms. The van der Waals surface area contributed by atoms with Crippen LogP contribution in [0.1, 0.15) is 58.9 Å². The Kier molecular flexibility index (Phi) is 6.51. The van der Waals surface area contributed by atoms with Gasteiger partial charge in [0, 0.05) is 24.8 Å². The Morgan fingerprint density at radius 1 is 1.12 bits per heavy atom. The predicted molar refractivity (Wildman–Crippen MR) is 104 cm³/mol. The van der Waals surface area contributed by atoms with Crippen molar-refractivity contribution in [2.45, 2.75) is 65.0 Å². The van der Waals surface area contributed by atoms with Crippen LogP contribution in [0.5, 0.6) is 0 Å². The Morgan fingerprint density at radius 3 is 2.19 bits per heavy atom. The Balaban J connectivity index is 1.78. The van der Waals surface area contributed by atoms with E-state index in [4.69, 9.17) is 4.74 Å². The Hall–Kier alpha value is -2.24. The fourth-order valence-electron chi connectivity index (χ4n) is 2.86. The minimum atomic E-state index is -0.504. The number of urea groups is 1. The molecule has 3 amide bonds. The zero-order valence-electron chi connectivity index (χ0n) is 16.5. The van der Waals surface area contributed by atoms with Gasteiger partial charge >= 0.3 is 12.1 Å². The van der Waals surface area contributed by atoms with Crippen molar-refractivity contribution in [3.8, 4) is 0 Å². The van der Waals surface area contributed by atoms with E-state index in [0.29, 0.717) is 19.0 Å². The molecule has 2 N–H and O–H groups in total. The summed E-state index contributed by atoms with van der Waals surface area (Å²) < 4.78 is 5.28. The highest BCUT2D eigenvalue weighted by molar-refractivity contribution is 5.89. The molecule has 1 aliphatic rings. The molecule has 0 aromatic heterocycles. The second-order valence-corrected chi connectivity index (χ2v) is 8.11. The largest absolute Gasteiger partial charge is 0.444 e. The topological polar surface area (TPSA) is 70.7 Å². The molecule has 1 heterocycles. The van der Waals surface area contributed by atoms with E-state index in [1.807, 2.05) is 45.0 Å². The molecular formula is C20H31N3O3. The van der Waals surface area contributed by atoms with E-state index in [2.05, 4.69) is 24.5 Å². The van der Waals surface area contributed by atoms with Gasteiger partial charge < -0.3 is 20.3 Å². The van der Waals surface area contributed by atoms with Crippen LogP contribution in [0.3, 0.4) is 0 Å². The molecule has 0 spiro atoms. The summed E-state index contributed by atoms with van der Waals surface area (Å²) in [5.74, 6) is 0.469. The van der Waals surface area contributed by atoms with Gasteiger partial charge in [0.05, 0.1) is 0 Å². The van der Waals surface area contributed by atoms with Crippen LogP contribution in [0.4, 0.5) is 15.3 Å². The lowest BCUT2D eigenvalue weighted by Crippen LogP contribution is -2.48. The number of nitrogens with zero attached hydrogens (tertiary/aromatic N) is 1. The van der Waals surface area contributed by atoms with E-state index in [-0.39, 0.29) is 12.1 Å². The van der Waals surface area contributed by atoms with Gasteiger partial charge in [0.2, 0.25) is 0 Å². The van der Waals surface area contributed by atoms with E-state index in [1.54, 1.807) is 4.90 Å². The predicted octanol–water partition coefficient (Wildman–Crippen LogP) is 4.33. The first-order chi connectivity index (χ1) is 12.1. The first-order valence-corrected chi connectivity index (χ1v) is 9.29. The number of rotatable bonds is 3. The van der Waals surface area contributed by atoms with Crippen LogP contribution >= 0.6 is 0 Å². The molecule has 0 atom stereocenters. The van der Waals surface area contributed by atoms with Crippen molar-refractivity contribution in [2.75, 3.05) is 18.4 Å². The number of carbonyl (C=O) groups excluding carboxylic acids is 2. The maximum atomic E-state index is 12.4. The summed E-state index contributed by atoms with van der Waals surface area (Å²) in [7, 11) is 0. The van der Waals surface area contributed by atoms with Crippen LogP contribution in [0.2, 0.25) is 0 Å². The fraction of sp³-hybridized carbons (Fsp3) is 0.600. The third-order valence-electron chi connectivity index (χ3n) is 4.33. The molecule has 0 bridgehead atoms. The number of amides is 3. The molecule has 1 aromatic rings. The van der Waals surface area contributed by atoms with Crippen molar-refractivity contribution in [3.05, 3.63) is 29.8 Å². The number of likely N-dealkylation sites (tertiary alicyclic amines) is 1. The molecule has 1 aliphatic heterocycles. The zero-order valence-corrected chi connectivity index (χ0v) is 16.5.